The number of unbranched alkanes of at least 4 members (excludes halogenated alkanes) is 1. The molecule has 1 saturated heterocycles. The van der Waals surface area contributed by atoms with E-state index in [1.165, 1.54) is 38.8 Å². The summed E-state index contributed by atoms with van der Waals surface area (Å²) in [5.41, 5.74) is 0.326. The van der Waals surface area contributed by atoms with Crippen LogP contribution < -0.4 is 5.32 Å². The van der Waals surface area contributed by atoms with Crippen molar-refractivity contribution in [2.75, 3.05) is 19.6 Å². The van der Waals surface area contributed by atoms with E-state index in [1.54, 1.807) is 0 Å². The monoisotopic (exact) mass is 240 g/mol. The van der Waals surface area contributed by atoms with Gasteiger partial charge < -0.3 is 5.32 Å². The Morgan fingerprint density at radius 2 is 2.06 bits per heavy atom. The van der Waals surface area contributed by atoms with Gasteiger partial charge in [-0.2, -0.15) is 0 Å². The van der Waals surface area contributed by atoms with Gasteiger partial charge in [-0.15, -0.1) is 0 Å². The lowest BCUT2D eigenvalue weighted by molar-refractivity contribution is 0.0518. The lowest BCUT2D eigenvalue weighted by atomic mass is 9.92. The lowest BCUT2D eigenvalue weighted by Gasteiger charge is -2.46. The molecule has 0 spiro atoms. The first-order valence-electron chi connectivity index (χ1n) is 7.48. The number of rotatable bonds is 6. The van der Waals surface area contributed by atoms with E-state index in [-0.39, 0.29) is 0 Å². The van der Waals surface area contributed by atoms with Gasteiger partial charge in [0.05, 0.1) is 0 Å². The molecule has 0 aromatic heterocycles. The van der Waals surface area contributed by atoms with Gasteiger partial charge in [0.2, 0.25) is 0 Å². The smallest absolute Gasteiger partial charge is 0.0278 e. The molecule has 1 aliphatic heterocycles. The molecule has 1 rings (SSSR count). The van der Waals surface area contributed by atoms with Crippen molar-refractivity contribution in [3.05, 3.63) is 0 Å². The van der Waals surface area contributed by atoms with Crippen LogP contribution in [0, 0.1) is 5.92 Å². The quantitative estimate of drug-likeness (QED) is 0.766. The van der Waals surface area contributed by atoms with Crippen molar-refractivity contribution < 1.29 is 0 Å². The van der Waals surface area contributed by atoms with Crippen LogP contribution in [0.5, 0.6) is 0 Å². The molecule has 1 fully saturated rings. The number of nitrogens with one attached hydrogen (secondary N) is 1. The highest BCUT2D eigenvalue weighted by Crippen LogP contribution is 2.23. The van der Waals surface area contributed by atoms with Crippen LogP contribution >= 0.6 is 0 Å². The van der Waals surface area contributed by atoms with Crippen LogP contribution in [0.15, 0.2) is 0 Å². The molecule has 0 aromatic carbocycles. The fourth-order valence-electron chi connectivity index (χ4n) is 2.73. The summed E-state index contributed by atoms with van der Waals surface area (Å²) in [4.78, 5) is 2.71. The highest BCUT2D eigenvalue weighted by atomic mass is 15.3. The minimum absolute atomic E-state index is 0.326. The molecule has 1 aliphatic rings. The number of piperazine rings is 1. The molecule has 0 aliphatic carbocycles. The second kappa shape index (κ2) is 6.75. The Bertz CT molecular complexity index is 213. The Morgan fingerprint density at radius 1 is 1.35 bits per heavy atom. The van der Waals surface area contributed by atoms with Crippen LogP contribution in [0.3, 0.4) is 0 Å². The van der Waals surface area contributed by atoms with E-state index in [1.807, 2.05) is 0 Å². The molecule has 0 bridgehead atoms. The van der Waals surface area contributed by atoms with E-state index in [9.17, 15) is 0 Å². The molecular weight excluding hydrogens is 208 g/mol. The molecule has 1 heterocycles. The molecule has 0 aromatic rings. The Kier molecular flexibility index (Phi) is 5.94. The van der Waals surface area contributed by atoms with Crippen LogP contribution in [0.25, 0.3) is 0 Å². The third kappa shape index (κ3) is 4.59. The standard InChI is InChI=1S/C15H32N2/c1-6-8-9-14(7-2)11-17-10-13(3)16-12-15(17,4)5/h13-14,16H,6-12H2,1-5H3. The maximum absolute atomic E-state index is 3.59. The van der Waals surface area contributed by atoms with Crippen LogP contribution in [0.1, 0.15) is 60.3 Å². The zero-order chi connectivity index (χ0) is 12.9. The normalized spacial score (nSPS) is 27.0. The summed E-state index contributed by atoms with van der Waals surface area (Å²) in [6.45, 7) is 15.3. The maximum Gasteiger partial charge on any atom is 0.0278 e. The molecule has 0 radical (unpaired) electrons. The van der Waals surface area contributed by atoms with Gasteiger partial charge in [-0.05, 0) is 33.1 Å². The molecule has 2 atom stereocenters. The van der Waals surface area contributed by atoms with E-state index in [0.29, 0.717) is 11.6 Å². The van der Waals surface area contributed by atoms with Crippen LogP contribution in [0.2, 0.25) is 0 Å². The Hall–Kier alpha value is -0.0800. The average molecular weight is 240 g/mol. The second-order valence-electron chi connectivity index (χ2n) is 6.42. The summed E-state index contributed by atoms with van der Waals surface area (Å²) in [5.74, 6) is 0.888. The molecule has 2 unspecified atom stereocenters. The zero-order valence-corrected chi connectivity index (χ0v) is 12.6. The van der Waals surface area contributed by atoms with Gasteiger partial charge in [0.15, 0.2) is 0 Å². The van der Waals surface area contributed by atoms with Crippen molar-refractivity contribution in [2.24, 2.45) is 5.92 Å². The third-order valence-corrected chi connectivity index (χ3v) is 4.26. The van der Waals surface area contributed by atoms with E-state index in [0.717, 1.165) is 12.5 Å². The maximum atomic E-state index is 3.59. The predicted octanol–water partition coefficient (Wildman–Crippen LogP) is 3.28. The Balaban J connectivity index is 2.50. The first-order valence-corrected chi connectivity index (χ1v) is 7.48. The zero-order valence-electron chi connectivity index (χ0n) is 12.6. The summed E-state index contributed by atoms with van der Waals surface area (Å²) < 4.78 is 0. The highest BCUT2D eigenvalue weighted by molar-refractivity contribution is 4.92. The minimum atomic E-state index is 0.326. The molecule has 17 heavy (non-hydrogen) atoms. The fraction of sp³-hybridized carbons (Fsp3) is 1.00. The topological polar surface area (TPSA) is 15.3 Å². The van der Waals surface area contributed by atoms with Gasteiger partial charge in [-0.25, -0.2) is 0 Å². The summed E-state index contributed by atoms with van der Waals surface area (Å²) in [5, 5.41) is 3.59. The first kappa shape index (κ1) is 15.0. The Labute approximate surface area is 108 Å². The second-order valence-corrected chi connectivity index (χ2v) is 6.42. The number of hydrogen-bond acceptors (Lipinski definition) is 2. The number of hydrogen-bond donors (Lipinski definition) is 1. The SMILES string of the molecule is CCCCC(CC)CN1CC(C)NCC1(C)C. The lowest BCUT2D eigenvalue weighted by Crippen LogP contribution is -2.61. The van der Waals surface area contributed by atoms with Crippen molar-refractivity contribution in [1.82, 2.24) is 10.2 Å². The van der Waals surface area contributed by atoms with Gasteiger partial charge in [0.1, 0.15) is 0 Å². The van der Waals surface area contributed by atoms with Crippen molar-refractivity contribution in [3.8, 4) is 0 Å². The van der Waals surface area contributed by atoms with Gasteiger partial charge in [-0.3, -0.25) is 4.90 Å². The summed E-state index contributed by atoms with van der Waals surface area (Å²) >= 11 is 0. The van der Waals surface area contributed by atoms with Crippen LogP contribution in [0.4, 0.5) is 0 Å². The van der Waals surface area contributed by atoms with Gasteiger partial charge in [-0.1, -0.05) is 33.1 Å². The van der Waals surface area contributed by atoms with E-state index >= 15 is 0 Å². The molecule has 0 saturated carbocycles. The summed E-state index contributed by atoms with van der Waals surface area (Å²) in [6.07, 6.45) is 5.45. The van der Waals surface area contributed by atoms with E-state index in [2.05, 4.69) is 44.8 Å². The molecule has 2 heteroatoms. The largest absolute Gasteiger partial charge is 0.311 e. The third-order valence-electron chi connectivity index (χ3n) is 4.26. The molecule has 102 valence electrons. The van der Waals surface area contributed by atoms with Crippen LogP contribution in [-0.4, -0.2) is 36.1 Å². The molecular formula is C15H32N2. The van der Waals surface area contributed by atoms with Crippen molar-refractivity contribution >= 4 is 0 Å². The van der Waals surface area contributed by atoms with E-state index in [4.69, 9.17) is 0 Å². The first-order chi connectivity index (χ1) is 7.99. The van der Waals surface area contributed by atoms with E-state index < -0.39 is 0 Å². The fourth-order valence-corrected chi connectivity index (χ4v) is 2.73. The predicted molar refractivity (Wildman–Crippen MR) is 76.4 cm³/mol. The van der Waals surface area contributed by atoms with Crippen molar-refractivity contribution in [3.63, 3.8) is 0 Å². The Morgan fingerprint density at radius 3 is 2.65 bits per heavy atom. The van der Waals surface area contributed by atoms with Gasteiger partial charge in [0.25, 0.3) is 0 Å². The van der Waals surface area contributed by atoms with Crippen molar-refractivity contribution in [1.29, 1.82) is 0 Å². The minimum Gasteiger partial charge on any atom is -0.311 e. The average Bonchev–Trinajstić information content (AvgIpc) is 2.29. The van der Waals surface area contributed by atoms with Gasteiger partial charge >= 0.3 is 0 Å². The number of nitrogens with zero attached hydrogens (tertiary/aromatic N) is 1. The van der Waals surface area contributed by atoms with Crippen molar-refractivity contribution in [2.45, 2.75) is 71.9 Å². The van der Waals surface area contributed by atoms with Crippen LogP contribution in [-0.2, 0) is 0 Å². The summed E-state index contributed by atoms with van der Waals surface area (Å²) in [6, 6.07) is 0.645. The molecule has 0 amide bonds. The molecule has 2 nitrogen and oxygen atoms in total. The summed E-state index contributed by atoms with van der Waals surface area (Å²) in [7, 11) is 0. The highest BCUT2D eigenvalue weighted by Gasteiger charge is 2.33. The molecule has 1 N–H and O–H groups in total. The van der Waals surface area contributed by atoms with Gasteiger partial charge in [0, 0.05) is 31.2 Å².